The minimum atomic E-state index is -3.36. The third-order valence-electron chi connectivity index (χ3n) is 3.29. The molecule has 0 spiro atoms. The minimum Gasteiger partial charge on any atom is -0.475 e. The maximum Gasteiger partial charge on any atom is 0.229 e. The summed E-state index contributed by atoms with van der Waals surface area (Å²) in [6.07, 6.45) is 1.12. The first-order valence-electron chi connectivity index (χ1n) is 6.86. The van der Waals surface area contributed by atoms with Gasteiger partial charge in [-0.1, -0.05) is 42.5 Å². The third-order valence-corrected chi connectivity index (χ3v) is 3.88. The van der Waals surface area contributed by atoms with Crippen LogP contribution in [0.2, 0.25) is 0 Å². The molecule has 1 aliphatic rings. The third kappa shape index (κ3) is 3.28. The molecule has 0 amide bonds. The van der Waals surface area contributed by atoms with Gasteiger partial charge in [0.05, 0.1) is 17.5 Å². The zero-order valence-electron chi connectivity index (χ0n) is 12.1. The number of para-hydroxylation sites is 1. The van der Waals surface area contributed by atoms with Crippen molar-refractivity contribution in [2.75, 3.05) is 17.6 Å². The van der Waals surface area contributed by atoms with Crippen LogP contribution in [0.5, 0.6) is 0 Å². The van der Waals surface area contributed by atoms with Gasteiger partial charge in [0.1, 0.15) is 12.6 Å². The van der Waals surface area contributed by atoms with E-state index in [0.29, 0.717) is 23.8 Å². The normalized spacial score (nSPS) is 17.7. The van der Waals surface area contributed by atoms with Gasteiger partial charge >= 0.3 is 0 Å². The van der Waals surface area contributed by atoms with Crippen molar-refractivity contribution in [1.82, 2.24) is 0 Å². The van der Waals surface area contributed by atoms with Gasteiger partial charge in [-0.2, -0.15) is 0 Å². The lowest BCUT2D eigenvalue weighted by atomic mass is 10.1. The van der Waals surface area contributed by atoms with Crippen LogP contribution < -0.4 is 4.72 Å². The van der Waals surface area contributed by atoms with Gasteiger partial charge < -0.3 is 4.74 Å². The van der Waals surface area contributed by atoms with Crippen molar-refractivity contribution in [1.29, 1.82) is 0 Å². The standard InChI is InChI=1S/C16H16N2O3S/c1-22(19,20)18-14-10-6-5-9-13(14)16-17-15(11-21-16)12-7-3-2-4-8-12/h2-10,15,18H,11H2,1H3/t15-/m0/s1. The molecule has 2 aromatic carbocycles. The number of nitrogens with one attached hydrogen (secondary N) is 1. The SMILES string of the molecule is CS(=O)(=O)Nc1ccccc1C1=N[C@H](c2ccccc2)CO1. The molecule has 3 rings (SSSR count). The highest BCUT2D eigenvalue weighted by Gasteiger charge is 2.23. The van der Waals surface area contributed by atoms with Gasteiger partial charge in [-0.25, -0.2) is 13.4 Å². The molecule has 22 heavy (non-hydrogen) atoms. The molecule has 0 unspecified atom stereocenters. The number of aliphatic imine (C=N–C) groups is 1. The fourth-order valence-corrected chi connectivity index (χ4v) is 2.90. The molecular formula is C16H16N2O3S. The molecule has 0 saturated carbocycles. The van der Waals surface area contributed by atoms with E-state index in [1.807, 2.05) is 36.4 Å². The van der Waals surface area contributed by atoms with Crippen LogP contribution in [0.25, 0.3) is 0 Å². The lowest BCUT2D eigenvalue weighted by Gasteiger charge is -2.09. The molecule has 0 radical (unpaired) electrons. The predicted octanol–water partition coefficient (Wildman–Crippen LogP) is 2.58. The quantitative estimate of drug-likeness (QED) is 0.942. The molecule has 6 heteroatoms. The van der Waals surface area contributed by atoms with Crippen LogP contribution in [0, 0.1) is 0 Å². The van der Waals surface area contributed by atoms with Gasteiger partial charge in [0, 0.05) is 0 Å². The number of ether oxygens (including phenoxy) is 1. The maximum atomic E-state index is 11.5. The van der Waals surface area contributed by atoms with Gasteiger partial charge in [-0.15, -0.1) is 0 Å². The Kier molecular flexibility index (Phi) is 3.85. The first-order valence-corrected chi connectivity index (χ1v) is 8.75. The number of hydrogen-bond donors (Lipinski definition) is 1. The van der Waals surface area contributed by atoms with Gasteiger partial charge in [0.25, 0.3) is 0 Å². The Morgan fingerprint density at radius 3 is 2.50 bits per heavy atom. The molecule has 0 aromatic heterocycles. The fourth-order valence-electron chi connectivity index (χ4n) is 2.33. The van der Waals surface area contributed by atoms with E-state index < -0.39 is 10.0 Å². The Morgan fingerprint density at radius 2 is 1.77 bits per heavy atom. The first kappa shape index (κ1) is 14.6. The van der Waals surface area contributed by atoms with E-state index in [1.165, 1.54) is 0 Å². The Hall–Kier alpha value is -2.34. The second-order valence-corrected chi connectivity index (χ2v) is 6.84. The average Bonchev–Trinajstić information content (AvgIpc) is 2.97. The number of benzene rings is 2. The zero-order chi connectivity index (χ0) is 15.6. The van der Waals surface area contributed by atoms with E-state index in [2.05, 4.69) is 9.71 Å². The van der Waals surface area contributed by atoms with Gasteiger partial charge in [0.15, 0.2) is 0 Å². The summed E-state index contributed by atoms with van der Waals surface area (Å²) in [5.74, 6) is 0.459. The molecule has 1 aliphatic heterocycles. The second-order valence-electron chi connectivity index (χ2n) is 5.09. The highest BCUT2D eigenvalue weighted by atomic mass is 32.2. The highest BCUT2D eigenvalue weighted by molar-refractivity contribution is 7.92. The molecule has 1 N–H and O–H groups in total. The minimum absolute atomic E-state index is 0.0671. The number of hydrogen-bond acceptors (Lipinski definition) is 4. The van der Waals surface area contributed by atoms with E-state index in [-0.39, 0.29) is 6.04 Å². The van der Waals surface area contributed by atoms with Crippen molar-refractivity contribution in [3.8, 4) is 0 Å². The number of nitrogens with zero attached hydrogens (tertiary/aromatic N) is 1. The Bertz CT molecular complexity index is 801. The summed E-state index contributed by atoms with van der Waals surface area (Å²) in [7, 11) is -3.36. The summed E-state index contributed by atoms with van der Waals surface area (Å²) >= 11 is 0. The molecule has 0 fully saturated rings. The Labute approximate surface area is 129 Å². The van der Waals surface area contributed by atoms with E-state index in [4.69, 9.17) is 4.74 Å². The summed E-state index contributed by atoms with van der Waals surface area (Å²) in [6.45, 7) is 0.451. The molecule has 0 saturated heterocycles. The number of sulfonamides is 1. The second kappa shape index (κ2) is 5.81. The van der Waals surface area contributed by atoms with Crippen LogP contribution in [-0.4, -0.2) is 27.2 Å². The topological polar surface area (TPSA) is 67.8 Å². The number of rotatable bonds is 4. The van der Waals surface area contributed by atoms with Crippen LogP contribution in [-0.2, 0) is 14.8 Å². The van der Waals surface area contributed by atoms with Crippen LogP contribution >= 0.6 is 0 Å². The Balaban J connectivity index is 1.92. The van der Waals surface area contributed by atoms with Crippen molar-refractivity contribution in [3.63, 3.8) is 0 Å². The van der Waals surface area contributed by atoms with E-state index in [9.17, 15) is 8.42 Å². The van der Waals surface area contributed by atoms with Gasteiger partial charge in [0.2, 0.25) is 15.9 Å². The summed E-state index contributed by atoms with van der Waals surface area (Å²) < 4.78 is 31.1. The summed E-state index contributed by atoms with van der Waals surface area (Å²) in [6, 6.07) is 16.9. The maximum absolute atomic E-state index is 11.5. The molecule has 0 aliphatic carbocycles. The molecule has 1 heterocycles. The number of anilines is 1. The smallest absolute Gasteiger partial charge is 0.229 e. The monoisotopic (exact) mass is 316 g/mol. The van der Waals surface area contributed by atoms with Gasteiger partial charge in [-0.05, 0) is 17.7 Å². The molecule has 114 valence electrons. The predicted molar refractivity (Wildman–Crippen MR) is 86.6 cm³/mol. The van der Waals surface area contributed by atoms with E-state index >= 15 is 0 Å². The lowest BCUT2D eigenvalue weighted by Crippen LogP contribution is -2.13. The van der Waals surface area contributed by atoms with Crippen molar-refractivity contribution in [2.24, 2.45) is 4.99 Å². The highest BCUT2D eigenvalue weighted by Crippen LogP contribution is 2.27. The fraction of sp³-hybridized carbons (Fsp3) is 0.188. The van der Waals surface area contributed by atoms with Crippen LogP contribution in [0.15, 0.2) is 59.6 Å². The first-order chi connectivity index (χ1) is 10.5. The van der Waals surface area contributed by atoms with Gasteiger partial charge in [-0.3, -0.25) is 4.72 Å². The molecule has 0 bridgehead atoms. The van der Waals surface area contributed by atoms with E-state index in [0.717, 1.165) is 11.8 Å². The van der Waals surface area contributed by atoms with Crippen molar-refractivity contribution < 1.29 is 13.2 Å². The van der Waals surface area contributed by atoms with E-state index in [1.54, 1.807) is 18.2 Å². The summed E-state index contributed by atoms with van der Waals surface area (Å²) in [5, 5.41) is 0. The van der Waals surface area contributed by atoms with Crippen LogP contribution in [0.4, 0.5) is 5.69 Å². The molecule has 5 nitrogen and oxygen atoms in total. The molecule has 1 atom stereocenters. The largest absolute Gasteiger partial charge is 0.475 e. The lowest BCUT2D eigenvalue weighted by molar-refractivity contribution is 0.320. The zero-order valence-corrected chi connectivity index (χ0v) is 12.9. The van der Waals surface area contributed by atoms with Crippen LogP contribution in [0.3, 0.4) is 0 Å². The summed E-state index contributed by atoms with van der Waals surface area (Å²) in [4.78, 5) is 4.58. The average molecular weight is 316 g/mol. The van der Waals surface area contributed by atoms with Crippen molar-refractivity contribution in [2.45, 2.75) is 6.04 Å². The van der Waals surface area contributed by atoms with Crippen molar-refractivity contribution >= 4 is 21.6 Å². The van der Waals surface area contributed by atoms with Crippen molar-refractivity contribution in [3.05, 3.63) is 65.7 Å². The molecule has 2 aromatic rings. The summed E-state index contributed by atoms with van der Waals surface area (Å²) in [5.41, 5.74) is 2.19. The van der Waals surface area contributed by atoms with Crippen LogP contribution in [0.1, 0.15) is 17.2 Å². The Morgan fingerprint density at radius 1 is 1.09 bits per heavy atom. The molecular weight excluding hydrogens is 300 g/mol.